The summed E-state index contributed by atoms with van der Waals surface area (Å²) in [7, 11) is 0. The van der Waals surface area contributed by atoms with Crippen LogP contribution in [-0.4, -0.2) is 38.8 Å². The molecule has 23 heavy (non-hydrogen) atoms. The molecule has 1 rings (SSSR count). The molecule has 0 saturated carbocycles. The van der Waals surface area contributed by atoms with Crippen LogP contribution in [0.5, 0.6) is 0 Å². The van der Waals surface area contributed by atoms with Crippen molar-refractivity contribution in [2.75, 3.05) is 5.32 Å². The number of hydrogen-bond acceptors (Lipinski definition) is 5. The van der Waals surface area contributed by atoms with E-state index in [4.69, 9.17) is 0 Å². The van der Waals surface area contributed by atoms with Crippen LogP contribution in [0.15, 0.2) is 11.6 Å². The van der Waals surface area contributed by atoms with E-state index >= 15 is 0 Å². The number of aliphatic hydroxyl groups is 1. The Morgan fingerprint density at radius 1 is 1.39 bits per heavy atom. The fourth-order valence-electron chi connectivity index (χ4n) is 2.57. The Morgan fingerprint density at radius 2 is 2.04 bits per heavy atom. The van der Waals surface area contributed by atoms with Crippen LogP contribution in [0, 0.1) is 5.41 Å². The number of aliphatic hydroxyl groups excluding tert-OH is 1. The molecule has 0 aliphatic rings. The fourth-order valence-corrected chi connectivity index (χ4v) is 3.10. The lowest BCUT2D eigenvalue weighted by molar-refractivity contribution is -0.132. The first-order valence-electron chi connectivity index (χ1n) is 7.53. The third-order valence-electron chi connectivity index (χ3n) is 3.97. The van der Waals surface area contributed by atoms with Crippen molar-refractivity contribution in [1.82, 2.24) is 10.3 Å². The van der Waals surface area contributed by atoms with E-state index < -0.39 is 29.1 Å². The Kier molecular flexibility index (Phi) is 6.52. The first-order chi connectivity index (χ1) is 10.6. The predicted molar refractivity (Wildman–Crippen MR) is 89.6 cm³/mol. The number of anilines is 1. The molecule has 130 valence electrons. The molecule has 7 nitrogen and oxygen atoms in total. The highest BCUT2D eigenvalue weighted by Crippen LogP contribution is 2.38. The molecule has 0 fully saturated rings. The normalized spacial score (nSPS) is 15.5. The quantitative estimate of drug-likeness (QED) is 0.608. The summed E-state index contributed by atoms with van der Waals surface area (Å²) in [5.41, 5.74) is -1.96. The second-order valence-electron chi connectivity index (χ2n) is 6.48. The molecule has 0 bridgehead atoms. The van der Waals surface area contributed by atoms with Crippen molar-refractivity contribution in [2.45, 2.75) is 58.6 Å². The van der Waals surface area contributed by atoms with Gasteiger partial charge in [0.25, 0.3) is 5.91 Å². The van der Waals surface area contributed by atoms with E-state index in [-0.39, 0.29) is 0 Å². The molecule has 2 atom stereocenters. The Morgan fingerprint density at radius 3 is 2.48 bits per heavy atom. The third kappa shape index (κ3) is 4.65. The molecule has 0 aliphatic heterocycles. The summed E-state index contributed by atoms with van der Waals surface area (Å²) in [4.78, 5) is 27.7. The second kappa shape index (κ2) is 7.74. The van der Waals surface area contributed by atoms with Gasteiger partial charge in [-0.3, -0.25) is 10.1 Å². The number of carboxylic acid groups (broad SMARTS) is 1. The van der Waals surface area contributed by atoms with Gasteiger partial charge in [-0.2, -0.15) is 0 Å². The Labute approximate surface area is 140 Å². The van der Waals surface area contributed by atoms with Crippen LogP contribution in [0.2, 0.25) is 0 Å². The van der Waals surface area contributed by atoms with Crippen LogP contribution in [0.3, 0.4) is 0 Å². The molecule has 0 saturated heterocycles. The first kappa shape index (κ1) is 19.4. The van der Waals surface area contributed by atoms with Crippen LogP contribution < -0.4 is 10.6 Å². The first-order valence-corrected chi connectivity index (χ1v) is 8.41. The molecule has 1 aromatic rings. The van der Waals surface area contributed by atoms with E-state index in [1.165, 1.54) is 17.5 Å². The van der Waals surface area contributed by atoms with Gasteiger partial charge in [-0.15, -0.1) is 11.3 Å². The zero-order valence-electron chi connectivity index (χ0n) is 13.9. The molecule has 8 heteroatoms. The largest absolute Gasteiger partial charge is 0.465 e. The molecule has 0 aliphatic carbocycles. The SMILES string of the molecule is CCCCC(NC(=O)O)([C@@H](O)C(=O)Nc1nccs1)C(C)(C)C. The summed E-state index contributed by atoms with van der Waals surface area (Å²) in [6, 6.07) is 0. The Hall–Kier alpha value is -1.67. The summed E-state index contributed by atoms with van der Waals surface area (Å²) in [6.07, 6.45) is 0.590. The summed E-state index contributed by atoms with van der Waals surface area (Å²) in [6.45, 7) is 7.38. The topological polar surface area (TPSA) is 112 Å². The molecule has 0 aromatic carbocycles. The third-order valence-corrected chi connectivity index (χ3v) is 4.66. The van der Waals surface area contributed by atoms with Gasteiger partial charge in [0.15, 0.2) is 11.2 Å². The molecule has 4 N–H and O–H groups in total. The van der Waals surface area contributed by atoms with Crippen molar-refractivity contribution < 1.29 is 19.8 Å². The number of carbonyl (C=O) groups excluding carboxylic acids is 1. The van der Waals surface area contributed by atoms with Crippen molar-refractivity contribution in [3.05, 3.63) is 11.6 Å². The number of nitrogens with one attached hydrogen (secondary N) is 2. The smallest absolute Gasteiger partial charge is 0.405 e. The maximum Gasteiger partial charge on any atom is 0.405 e. The second-order valence-corrected chi connectivity index (χ2v) is 7.38. The summed E-state index contributed by atoms with van der Waals surface area (Å²) in [5, 5.41) is 26.9. The summed E-state index contributed by atoms with van der Waals surface area (Å²) >= 11 is 1.23. The lowest BCUT2D eigenvalue weighted by Crippen LogP contribution is -2.66. The predicted octanol–water partition coefficient (Wildman–Crippen LogP) is 2.69. The van der Waals surface area contributed by atoms with Crippen molar-refractivity contribution in [3.8, 4) is 0 Å². The van der Waals surface area contributed by atoms with E-state index in [2.05, 4.69) is 15.6 Å². The number of hydrogen-bond donors (Lipinski definition) is 4. The zero-order valence-corrected chi connectivity index (χ0v) is 14.7. The molecule has 1 heterocycles. The van der Waals surface area contributed by atoms with Crippen molar-refractivity contribution in [3.63, 3.8) is 0 Å². The lowest BCUT2D eigenvalue weighted by atomic mass is 9.67. The van der Waals surface area contributed by atoms with Gasteiger partial charge in [0, 0.05) is 11.6 Å². The Bertz CT molecular complexity index is 527. The maximum atomic E-state index is 12.4. The number of aromatic nitrogens is 1. The van der Waals surface area contributed by atoms with E-state index in [9.17, 15) is 19.8 Å². The minimum absolute atomic E-state index is 0.353. The highest BCUT2D eigenvalue weighted by Gasteiger charge is 2.51. The molecular formula is C15H25N3O4S. The lowest BCUT2D eigenvalue weighted by Gasteiger charge is -2.47. The zero-order chi connectivity index (χ0) is 17.7. The number of thiazole rings is 1. The van der Waals surface area contributed by atoms with Gasteiger partial charge < -0.3 is 15.5 Å². The van der Waals surface area contributed by atoms with E-state index in [0.29, 0.717) is 18.0 Å². The molecule has 0 spiro atoms. The summed E-state index contributed by atoms with van der Waals surface area (Å²) in [5.74, 6) is -0.667. The van der Waals surface area contributed by atoms with Crippen LogP contribution in [0.1, 0.15) is 47.0 Å². The Balaban J connectivity index is 3.13. The van der Waals surface area contributed by atoms with E-state index in [1.54, 1.807) is 26.2 Å². The van der Waals surface area contributed by atoms with E-state index in [0.717, 1.165) is 6.42 Å². The molecule has 2 amide bonds. The average molecular weight is 343 g/mol. The number of rotatable bonds is 7. The van der Waals surface area contributed by atoms with Gasteiger partial charge in [0.2, 0.25) is 0 Å². The number of carbonyl (C=O) groups is 2. The number of nitrogens with zero attached hydrogens (tertiary/aromatic N) is 1. The van der Waals surface area contributed by atoms with Gasteiger partial charge in [0.05, 0.1) is 5.54 Å². The monoisotopic (exact) mass is 343 g/mol. The number of amides is 2. The van der Waals surface area contributed by atoms with Crippen molar-refractivity contribution in [2.24, 2.45) is 5.41 Å². The number of unbranched alkanes of at least 4 members (excludes halogenated alkanes) is 1. The van der Waals surface area contributed by atoms with Crippen LogP contribution in [0.4, 0.5) is 9.93 Å². The van der Waals surface area contributed by atoms with Gasteiger partial charge in [-0.1, -0.05) is 40.5 Å². The average Bonchev–Trinajstić information content (AvgIpc) is 2.93. The van der Waals surface area contributed by atoms with Crippen LogP contribution in [-0.2, 0) is 4.79 Å². The molecular weight excluding hydrogens is 318 g/mol. The van der Waals surface area contributed by atoms with E-state index in [1.807, 2.05) is 6.92 Å². The minimum atomic E-state index is -1.53. The molecule has 1 unspecified atom stereocenters. The van der Waals surface area contributed by atoms with Crippen molar-refractivity contribution >= 4 is 28.5 Å². The van der Waals surface area contributed by atoms with Crippen molar-refractivity contribution in [1.29, 1.82) is 0 Å². The maximum absolute atomic E-state index is 12.4. The highest BCUT2D eigenvalue weighted by molar-refractivity contribution is 7.13. The fraction of sp³-hybridized carbons (Fsp3) is 0.667. The molecule has 0 radical (unpaired) electrons. The van der Waals surface area contributed by atoms with Gasteiger partial charge in [-0.25, -0.2) is 9.78 Å². The van der Waals surface area contributed by atoms with Crippen LogP contribution in [0.25, 0.3) is 0 Å². The summed E-state index contributed by atoms with van der Waals surface area (Å²) < 4.78 is 0. The highest BCUT2D eigenvalue weighted by atomic mass is 32.1. The van der Waals surface area contributed by atoms with Gasteiger partial charge in [-0.05, 0) is 11.8 Å². The van der Waals surface area contributed by atoms with Crippen LogP contribution >= 0.6 is 11.3 Å². The standard InChI is InChI=1S/C15H25N3O4S/c1-5-6-7-15(14(2,3)4,18-13(21)22)10(19)11(20)17-12-16-8-9-23-12/h8-10,18-19H,5-7H2,1-4H3,(H,21,22)(H,16,17,20)/t10-,15?/m0/s1. The van der Waals surface area contributed by atoms with Gasteiger partial charge >= 0.3 is 6.09 Å². The molecule has 1 aromatic heterocycles. The van der Waals surface area contributed by atoms with Gasteiger partial charge in [0.1, 0.15) is 0 Å². The minimum Gasteiger partial charge on any atom is -0.465 e.